The van der Waals surface area contributed by atoms with E-state index in [2.05, 4.69) is 38.7 Å². The third-order valence-electron chi connectivity index (χ3n) is 5.32. The van der Waals surface area contributed by atoms with Crippen molar-refractivity contribution in [3.05, 3.63) is 9.79 Å². The van der Waals surface area contributed by atoms with E-state index in [-0.39, 0.29) is 0 Å². The van der Waals surface area contributed by atoms with Crippen LogP contribution in [0.2, 0.25) is 13.3 Å². The van der Waals surface area contributed by atoms with Gasteiger partial charge < -0.3 is 0 Å². The van der Waals surface area contributed by atoms with Gasteiger partial charge in [0.15, 0.2) is 0 Å². The number of allylic oxidation sites excluding steroid dienone is 1. The summed E-state index contributed by atoms with van der Waals surface area (Å²) in [4.78, 5) is 2.75. The molecule has 0 N–H and O–H groups in total. The van der Waals surface area contributed by atoms with E-state index in [1.54, 1.807) is 13.3 Å². The molecule has 1 saturated heterocycles. The first-order chi connectivity index (χ1) is 11.2. The molecule has 1 heterocycles. The van der Waals surface area contributed by atoms with Crippen LogP contribution >= 0.6 is 0 Å². The van der Waals surface area contributed by atoms with Crippen LogP contribution in [0.3, 0.4) is 0 Å². The van der Waals surface area contributed by atoms with E-state index in [0.29, 0.717) is 0 Å². The zero-order valence-corrected chi connectivity index (χ0v) is 19.2. The summed E-state index contributed by atoms with van der Waals surface area (Å²) in [5, 5.41) is 0. The fourth-order valence-corrected chi connectivity index (χ4v) is 21.5. The van der Waals surface area contributed by atoms with Crippen molar-refractivity contribution in [3.8, 4) is 0 Å². The van der Waals surface area contributed by atoms with Crippen LogP contribution in [0.25, 0.3) is 0 Å². The second kappa shape index (κ2) is 12.6. The number of hydrogen-bond acceptors (Lipinski definition) is 2. The molecule has 1 fully saturated rings. The molecule has 0 unspecified atom stereocenters. The Bertz CT molecular complexity index is 302. The molecule has 136 valence electrons. The van der Waals surface area contributed by atoms with Crippen molar-refractivity contribution in [2.45, 2.75) is 86.0 Å². The first kappa shape index (κ1) is 21.3. The molecular formula is C20H41NOSn. The maximum atomic E-state index is 5.64. The molecule has 1 rings (SSSR count). The second-order valence-corrected chi connectivity index (χ2v) is 20.2. The summed E-state index contributed by atoms with van der Waals surface area (Å²) in [6.07, 6.45) is 12.3. The molecule has 23 heavy (non-hydrogen) atoms. The molecule has 0 saturated carbocycles. The number of nitrogens with zero attached hydrogens (tertiary/aromatic N) is 1. The van der Waals surface area contributed by atoms with E-state index < -0.39 is 18.4 Å². The van der Waals surface area contributed by atoms with Crippen molar-refractivity contribution in [2.24, 2.45) is 0 Å². The number of unbranched alkanes of at least 4 members (excludes halogenated alkanes) is 3. The Hall–Kier alpha value is 0.299. The topological polar surface area (TPSA) is 12.5 Å². The zero-order valence-electron chi connectivity index (χ0n) is 16.3. The van der Waals surface area contributed by atoms with Crippen LogP contribution in [0.5, 0.6) is 0 Å². The maximum absolute atomic E-state index is 5.64. The molecule has 0 spiro atoms. The van der Waals surface area contributed by atoms with Gasteiger partial charge in [-0.3, -0.25) is 0 Å². The molecule has 0 aromatic carbocycles. The van der Waals surface area contributed by atoms with Crippen molar-refractivity contribution in [1.29, 1.82) is 0 Å². The Morgan fingerprint density at radius 1 is 0.870 bits per heavy atom. The van der Waals surface area contributed by atoms with Gasteiger partial charge >= 0.3 is 150 Å². The number of hydrogen-bond donors (Lipinski definition) is 0. The standard InChI is InChI=1S/C8H14NO.3C4H9.Sn/c1-2-3-4-9-5-7-10-8-6-9;3*1-3-4-2;/h3H,2,5-8H2,1H3;3*1,3-4H2,2H3;. The predicted octanol–water partition coefficient (Wildman–Crippen LogP) is 6.00. The minimum absolute atomic E-state index is 0.929. The summed E-state index contributed by atoms with van der Waals surface area (Å²) >= 11 is -2.27. The number of morpholine rings is 1. The first-order valence-electron chi connectivity index (χ1n) is 10.3. The first-order valence-corrected chi connectivity index (χ1v) is 17.8. The molecule has 3 heteroatoms. The van der Waals surface area contributed by atoms with Gasteiger partial charge in [0.25, 0.3) is 0 Å². The van der Waals surface area contributed by atoms with Crippen LogP contribution in [0.4, 0.5) is 0 Å². The normalized spacial score (nSPS) is 16.9. The summed E-state index contributed by atoms with van der Waals surface area (Å²) in [7, 11) is 0. The Morgan fingerprint density at radius 2 is 1.35 bits per heavy atom. The van der Waals surface area contributed by atoms with Gasteiger partial charge in [-0.2, -0.15) is 0 Å². The molecule has 0 atom stereocenters. The third-order valence-corrected chi connectivity index (χ3v) is 21.1. The molecule has 1 aliphatic rings. The monoisotopic (exact) mass is 431 g/mol. The molecule has 0 aliphatic carbocycles. The Kier molecular flexibility index (Phi) is 11.7. The minimum atomic E-state index is -2.27. The molecule has 0 bridgehead atoms. The summed E-state index contributed by atoms with van der Waals surface area (Å²) in [6.45, 7) is 13.6. The second-order valence-electron chi connectivity index (χ2n) is 7.19. The molecule has 0 aromatic rings. The van der Waals surface area contributed by atoms with Crippen LogP contribution in [0, 0.1) is 0 Å². The summed E-state index contributed by atoms with van der Waals surface area (Å²) in [5.74, 6) is 0. The van der Waals surface area contributed by atoms with Crippen molar-refractivity contribution in [3.63, 3.8) is 0 Å². The van der Waals surface area contributed by atoms with Crippen molar-refractivity contribution in [1.82, 2.24) is 4.90 Å². The molecule has 1 aliphatic heterocycles. The van der Waals surface area contributed by atoms with Gasteiger partial charge in [-0.25, -0.2) is 0 Å². The average Bonchev–Trinajstić information content (AvgIpc) is 2.60. The summed E-state index contributed by atoms with van der Waals surface area (Å²) in [6, 6.07) is 0. The fourth-order valence-electron chi connectivity index (χ4n) is 3.98. The van der Waals surface area contributed by atoms with E-state index in [9.17, 15) is 0 Å². The average molecular weight is 430 g/mol. The Labute approximate surface area is 149 Å². The number of rotatable bonds is 12. The SMILES string of the molecule is CC/C=[C](\N1CCOCC1)[Sn]([CH2]CCC)([CH2]CCC)[CH2]CCC. The van der Waals surface area contributed by atoms with Gasteiger partial charge in [0.1, 0.15) is 0 Å². The van der Waals surface area contributed by atoms with Crippen molar-refractivity contribution >= 4 is 18.4 Å². The molecule has 0 amide bonds. The Morgan fingerprint density at radius 3 is 1.74 bits per heavy atom. The van der Waals surface area contributed by atoms with Crippen LogP contribution in [0.15, 0.2) is 9.79 Å². The quantitative estimate of drug-likeness (QED) is 0.352. The van der Waals surface area contributed by atoms with E-state index in [0.717, 1.165) is 26.3 Å². The zero-order chi connectivity index (χ0) is 17.0. The Balaban J connectivity index is 3.07. The molecule has 2 nitrogen and oxygen atoms in total. The summed E-state index contributed by atoms with van der Waals surface area (Å²) < 4.78 is 12.2. The van der Waals surface area contributed by atoms with Crippen LogP contribution < -0.4 is 0 Å². The van der Waals surface area contributed by atoms with Crippen LogP contribution in [0.1, 0.15) is 72.6 Å². The van der Waals surface area contributed by atoms with Crippen LogP contribution in [-0.4, -0.2) is 49.6 Å². The van der Waals surface area contributed by atoms with E-state index in [1.807, 2.05) is 3.71 Å². The van der Waals surface area contributed by atoms with E-state index in [1.165, 1.54) is 44.9 Å². The predicted molar refractivity (Wildman–Crippen MR) is 106 cm³/mol. The van der Waals surface area contributed by atoms with Gasteiger partial charge in [0, 0.05) is 0 Å². The van der Waals surface area contributed by atoms with Crippen LogP contribution in [-0.2, 0) is 4.74 Å². The third kappa shape index (κ3) is 6.97. The van der Waals surface area contributed by atoms with E-state index >= 15 is 0 Å². The fraction of sp³-hybridized carbons (Fsp3) is 0.900. The molecule has 0 aromatic heterocycles. The van der Waals surface area contributed by atoms with Gasteiger partial charge in [0.05, 0.1) is 0 Å². The van der Waals surface area contributed by atoms with Crippen molar-refractivity contribution < 1.29 is 4.74 Å². The van der Waals surface area contributed by atoms with Gasteiger partial charge in [-0.1, -0.05) is 0 Å². The van der Waals surface area contributed by atoms with Gasteiger partial charge in [0.2, 0.25) is 0 Å². The number of ether oxygens (including phenoxy) is 1. The molecule has 0 radical (unpaired) electrons. The van der Waals surface area contributed by atoms with Gasteiger partial charge in [-0.15, -0.1) is 0 Å². The molecular weight excluding hydrogens is 389 g/mol. The van der Waals surface area contributed by atoms with E-state index in [4.69, 9.17) is 4.74 Å². The van der Waals surface area contributed by atoms with Gasteiger partial charge in [-0.05, 0) is 0 Å². The summed E-state index contributed by atoms with van der Waals surface area (Å²) in [5.41, 5.74) is 0. The van der Waals surface area contributed by atoms with Crippen molar-refractivity contribution in [2.75, 3.05) is 26.3 Å².